The van der Waals surface area contributed by atoms with Gasteiger partial charge in [0, 0.05) is 28.4 Å². The minimum atomic E-state index is -0.496. The molecule has 1 heterocycles. The van der Waals surface area contributed by atoms with E-state index in [0.29, 0.717) is 5.92 Å². The molecule has 2 atom stereocenters. The van der Waals surface area contributed by atoms with Crippen molar-refractivity contribution in [3.63, 3.8) is 0 Å². The number of aromatic nitrogens is 1. The number of nitrogens with two attached hydrogens (primary N) is 1. The Balaban J connectivity index is 2.00. The van der Waals surface area contributed by atoms with Crippen molar-refractivity contribution in [1.82, 2.24) is 4.57 Å². The molecule has 2 aromatic carbocycles. The Kier molecular flexibility index (Phi) is 4.93. The topological polar surface area (TPSA) is 51.2 Å². The van der Waals surface area contributed by atoms with Gasteiger partial charge in [0.15, 0.2) is 0 Å². The van der Waals surface area contributed by atoms with Crippen LogP contribution >= 0.6 is 0 Å². The highest BCUT2D eigenvalue weighted by atomic mass is 16.3. The molecule has 0 saturated heterocycles. The Bertz CT molecular complexity index is 834. The van der Waals surface area contributed by atoms with Crippen molar-refractivity contribution in [3.05, 3.63) is 48.0 Å². The van der Waals surface area contributed by atoms with E-state index >= 15 is 0 Å². The van der Waals surface area contributed by atoms with Gasteiger partial charge in [0.05, 0.1) is 12.1 Å². The average Bonchev–Trinajstić information content (AvgIpc) is 2.91. The fourth-order valence-corrected chi connectivity index (χ4v) is 3.53. The van der Waals surface area contributed by atoms with Gasteiger partial charge in [-0.1, -0.05) is 38.1 Å². The Hall–Kier alpha value is -1.84. The Morgan fingerprint density at radius 3 is 2.42 bits per heavy atom. The maximum atomic E-state index is 10.4. The number of aliphatic hydroxyl groups is 1. The Labute approximate surface area is 144 Å². The summed E-state index contributed by atoms with van der Waals surface area (Å²) in [5.41, 5.74) is 9.83. The third-order valence-electron chi connectivity index (χ3n) is 4.95. The summed E-state index contributed by atoms with van der Waals surface area (Å²) < 4.78 is 2.33. The van der Waals surface area contributed by atoms with Gasteiger partial charge in [0.1, 0.15) is 0 Å². The average molecular weight is 324 g/mol. The summed E-state index contributed by atoms with van der Waals surface area (Å²) in [4.78, 5) is 0. The fraction of sp³-hybridized carbons (Fsp3) is 0.429. The standard InChI is InChI=1S/C21H28N2O/c1-4-23-18-8-6-5-7-16(18)17-13-15(10-11-19(17)23)21(22)20(24)12-9-14(2)3/h5-8,10-11,13-14,20-21,24H,4,9,12,22H2,1-3H3/t20-,21+/m1/s1. The second-order valence-corrected chi connectivity index (χ2v) is 7.10. The van der Waals surface area contributed by atoms with Crippen LogP contribution in [0, 0.1) is 5.92 Å². The molecule has 0 aliphatic rings. The zero-order chi connectivity index (χ0) is 17.3. The third-order valence-corrected chi connectivity index (χ3v) is 4.95. The van der Waals surface area contributed by atoms with E-state index in [2.05, 4.69) is 67.8 Å². The van der Waals surface area contributed by atoms with Crippen LogP contribution in [0.5, 0.6) is 0 Å². The Morgan fingerprint density at radius 2 is 1.71 bits per heavy atom. The number of benzene rings is 2. The van der Waals surface area contributed by atoms with Gasteiger partial charge >= 0.3 is 0 Å². The summed E-state index contributed by atoms with van der Waals surface area (Å²) in [5, 5.41) is 12.9. The van der Waals surface area contributed by atoms with Crippen molar-refractivity contribution < 1.29 is 5.11 Å². The van der Waals surface area contributed by atoms with E-state index in [9.17, 15) is 5.11 Å². The van der Waals surface area contributed by atoms with Crippen LogP contribution in [0.15, 0.2) is 42.5 Å². The number of para-hydroxylation sites is 1. The van der Waals surface area contributed by atoms with Gasteiger partial charge in [-0.25, -0.2) is 0 Å². The van der Waals surface area contributed by atoms with Gasteiger partial charge in [-0.2, -0.15) is 0 Å². The lowest BCUT2D eigenvalue weighted by molar-refractivity contribution is 0.128. The predicted octanol–water partition coefficient (Wildman–Crippen LogP) is 4.61. The summed E-state index contributed by atoms with van der Waals surface area (Å²) in [7, 11) is 0. The van der Waals surface area contributed by atoms with Crippen molar-refractivity contribution in [2.75, 3.05) is 0 Å². The molecule has 0 aliphatic carbocycles. The van der Waals surface area contributed by atoms with E-state index in [1.807, 2.05) is 0 Å². The van der Waals surface area contributed by atoms with Crippen molar-refractivity contribution in [2.24, 2.45) is 11.7 Å². The Morgan fingerprint density at radius 1 is 1.00 bits per heavy atom. The fourth-order valence-electron chi connectivity index (χ4n) is 3.53. The molecular formula is C21H28N2O. The van der Waals surface area contributed by atoms with Crippen molar-refractivity contribution in [2.45, 2.75) is 52.3 Å². The highest BCUT2D eigenvalue weighted by Crippen LogP contribution is 2.31. The predicted molar refractivity (Wildman–Crippen MR) is 102 cm³/mol. The summed E-state index contributed by atoms with van der Waals surface area (Å²) >= 11 is 0. The van der Waals surface area contributed by atoms with E-state index in [0.717, 1.165) is 24.9 Å². The van der Waals surface area contributed by atoms with Crippen molar-refractivity contribution in [3.8, 4) is 0 Å². The summed E-state index contributed by atoms with van der Waals surface area (Å²) in [5.74, 6) is 0.580. The number of hydrogen-bond donors (Lipinski definition) is 2. The van der Waals surface area contributed by atoms with Crippen molar-refractivity contribution in [1.29, 1.82) is 0 Å². The van der Waals surface area contributed by atoms with Crippen LogP contribution in [0.2, 0.25) is 0 Å². The van der Waals surface area contributed by atoms with Crippen LogP contribution in [-0.2, 0) is 6.54 Å². The zero-order valence-electron chi connectivity index (χ0n) is 14.9. The molecule has 3 heteroatoms. The van der Waals surface area contributed by atoms with E-state index in [4.69, 9.17) is 5.73 Å². The van der Waals surface area contributed by atoms with Gasteiger partial charge in [0.2, 0.25) is 0 Å². The summed E-state index contributed by atoms with van der Waals surface area (Å²) in [6.45, 7) is 7.45. The van der Waals surface area contributed by atoms with E-state index in [1.165, 1.54) is 21.8 Å². The van der Waals surface area contributed by atoms with Gasteiger partial charge in [-0.15, -0.1) is 0 Å². The highest BCUT2D eigenvalue weighted by molar-refractivity contribution is 6.08. The lowest BCUT2D eigenvalue weighted by atomic mass is 9.95. The van der Waals surface area contributed by atoms with Crippen LogP contribution < -0.4 is 5.73 Å². The lowest BCUT2D eigenvalue weighted by Crippen LogP contribution is -2.26. The number of fused-ring (bicyclic) bond motifs is 3. The van der Waals surface area contributed by atoms with Crippen LogP contribution in [0.3, 0.4) is 0 Å². The number of aliphatic hydroxyl groups excluding tert-OH is 1. The first-order valence-electron chi connectivity index (χ1n) is 8.97. The van der Waals surface area contributed by atoms with E-state index in [1.54, 1.807) is 0 Å². The van der Waals surface area contributed by atoms with E-state index in [-0.39, 0.29) is 6.04 Å². The van der Waals surface area contributed by atoms with Crippen molar-refractivity contribution >= 4 is 21.8 Å². The molecule has 3 N–H and O–H groups in total. The highest BCUT2D eigenvalue weighted by Gasteiger charge is 2.19. The molecule has 1 aromatic heterocycles. The smallest absolute Gasteiger partial charge is 0.0732 e. The number of nitrogens with zero attached hydrogens (tertiary/aromatic N) is 1. The van der Waals surface area contributed by atoms with Crippen LogP contribution in [0.4, 0.5) is 0 Å². The molecule has 0 fully saturated rings. The molecule has 0 aliphatic heterocycles. The molecule has 24 heavy (non-hydrogen) atoms. The second kappa shape index (κ2) is 6.96. The molecular weight excluding hydrogens is 296 g/mol. The number of rotatable bonds is 6. The first kappa shape index (κ1) is 17.0. The molecule has 128 valence electrons. The van der Waals surface area contributed by atoms with Crippen LogP contribution in [0.1, 0.15) is 45.2 Å². The molecule has 3 rings (SSSR count). The number of aryl methyl sites for hydroxylation is 1. The van der Waals surface area contributed by atoms with Gasteiger partial charge in [-0.05, 0) is 49.4 Å². The molecule has 0 bridgehead atoms. The van der Waals surface area contributed by atoms with Crippen LogP contribution in [-0.4, -0.2) is 15.8 Å². The van der Waals surface area contributed by atoms with Gasteiger partial charge < -0.3 is 15.4 Å². The molecule has 0 unspecified atom stereocenters. The number of hydrogen-bond acceptors (Lipinski definition) is 2. The largest absolute Gasteiger partial charge is 0.391 e. The minimum absolute atomic E-state index is 0.336. The summed E-state index contributed by atoms with van der Waals surface area (Å²) in [6.07, 6.45) is 1.24. The second-order valence-electron chi connectivity index (χ2n) is 7.10. The minimum Gasteiger partial charge on any atom is -0.391 e. The lowest BCUT2D eigenvalue weighted by Gasteiger charge is -2.20. The zero-order valence-corrected chi connectivity index (χ0v) is 14.9. The normalized spacial score (nSPS) is 14.6. The first-order chi connectivity index (χ1) is 11.5. The maximum absolute atomic E-state index is 10.4. The molecule has 0 spiro atoms. The van der Waals surface area contributed by atoms with Gasteiger partial charge in [-0.3, -0.25) is 0 Å². The quantitative estimate of drug-likeness (QED) is 0.695. The maximum Gasteiger partial charge on any atom is 0.0732 e. The molecule has 0 amide bonds. The molecule has 0 saturated carbocycles. The third kappa shape index (κ3) is 3.06. The van der Waals surface area contributed by atoms with Crippen LogP contribution in [0.25, 0.3) is 21.8 Å². The van der Waals surface area contributed by atoms with Gasteiger partial charge in [0.25, 0.3) is 0 Å². The monoisotopic (exact) mass is 324 g/mol. The molecule has 0 radical (unpaired) electrons. The first-order valence-corrected chi connectivity index (χ1v) is 8.97. The summed E-state index contributed by atoms with van der Waals surface area (Å²) in [6, 6.07) is 14.5. The van der Waals surface area contributed by atoms with E-state index < -0.39 is 6.10 Å². The molecule has 3 aromatic rings. The molecule has 3 nitrogen and oxygen atoms in total. The SMILES string of the molecule is CCn1c2ccccc2c2cc([C@H](N)[C@H](O)CCC(C)C)ccc21.